The summed E-state index contributed by atoms with van der Waals surface area (Å²) in [5, 5.41) is 9.35. The quantitative estimate of drug-likeness (QED) is 0.870. The molecule has 2 aromatic carbocycles. The Morgan fingerprint density at radius 1 is 0.889 bits per heavy atom. The number of nitrogens with zero attached hydrogens (tertiary/aromatic N) is 1. The van der Waals surface area contributed by atoms with E-state index in [0.717, 1.165) is 16.7 Å². The fourth-order valence-corrected chi connectivity index (χ4v) is 2.19. The molecule has 1 aliphatic heterocycles. The van der Waals surface area contributed by atoms with Crippen LogP contribution in [0.1, 0.15) is 27.0 Å². The van der Waals surface area contributed by atoms with Gasteiger partial charge in [0.25, 0.3) is 5.91 Å². The molecule has 0 radical (unpaired) electrons. The molecule has 0 aromatic heterocycles. The predicted octanol–water partition coefficient (Wildman–Crippen LogP) is 2.17. The van der Waals surface area contributed by atoms with Crippen LogP contribution in [0.4, 0.5) is 0 Å². The molecule has 3 nitrogen and oxygen atoms in total. The molecule has 18 heavy (non-hydrogen) atoms. The highest BCUT2D eigenvalue weighted by Gasteiger charge is 2.24. The Hall–Kier alpha value is -2.26. The topological polar surface area (TPSA) is 49.7 Å². The smallest absolute Gasteiger partial charge is 0.278 e. The Morgan fingerprint density at radius 2 is 1.50 bits per heavy atom. The van der Waals surface area contributed by atoms with Crippen LogP contribution in [-0.2, 0) is 6.61 Å². The summed E-state index contributed by atoms with van der Waals surface area (Å²) in [5.41, 5.74) is 3.71. The lowest BCUT2D eigenvalue weighted by Crippen LogP contribution is -2.04. The monoisotopic (exact) mass is 237 g/mol. The average Bonchev–Trinajstić information content (AvgIpc) is 2.77. The number of rotatable bonds is 2. The Balaban J connectivity index is 2.20. The van der Waals surface area contributed by atoms with Crippen molar-refractivity contribution in [2.45, 2.75) is 6.61 Å². The molecule has 1 N–H and O–H groups in total. The van der Waals surface area contributed by atoms with Crippen molar-refractivity contribution in [2.75, 3.05) is 0 Å². The molecule has 1 amide bonds. The molecule has 3 rings (SSSR count). The van der Waals surface area contributed by atoms with Gasteiger partial charge >= 0.3 is 0 Å². The standard InChI is InChI=1S/C15H11NO2/c17-9-10-5-1-2-6-11(10)14-12-7-3-4-8-13(12)15(18)16-14/h1-8,17H,9H2. The summed E-state index contributed by atoms with van der Waals surface area (Å²) in [6, 6.07) is 14.8. The third kappa shape index (κ3) is 1.57. The van der Waals surface area contributed by atoms with Gasteiger partial charge in [-0.25, -0.2) is 4.99 Å². The lowest BCUT2D eigenvalue weighted by Gasteiger charge is -2.07. The van der Waals surface area contributed by atoms with Crippen LogP contribution in [0.2, 0.25) is 0 Å². The van der Waals surface area contributed by atoms with Crippen LogP contribution in [0.25, 0.3) is 0 Å². The molecule has 0 atom stereocenters. The van der Waals surface area contributed by atoms with Gasteiger partial charge in [0.1, 0.15) is 0 Å². The Bertz CT molecular complexity index is 659. The van der Waals surface area contributed by atoms with Gasteiger partial charge in [0.15, 0.2) is 0 Å². The molecular weight excluding hydrogens is 226 g/mol. The van der Waals surface area contributed by atoms with Gasteiger partial charge in [0.05, 0.1) is 17.9 Å². The molecule has 0 aliphatic carbocycles. The molecule has 0 saturated carbocycles. The van der Waals surface area contributed by atoms with Gasteiger partial charge < -0.3 is 5.11 Å². The van der Waals surface area contributed by atoms with Crippen LogP contribution < -0.4 is 0 Å². The highest BCUT2D eigenvalue weighted by molar-refractivity contribution is 6.27. The van der Waals surface area contributed by atoms with E-state index in [2.05, 4.69) is 4.99 Å². The van der Waals surface area contributed by atoms with E-state index in [1.165, 1.54) is 0 Å². The molecule has 0 saturated heterocycles. The molecule has 3 heteroatoms. The maximum Gasteiger partial charge on any atom is 0.278 e. The fourth-order valence-electron chi connectivity index (χ4n) is 2.19. The molecule has 0 bridgehead atoms. The van der Waals surface area contributed by atoms with E-state index < -0.39 is 0 Å². The zero-order valence-electron chi connectivity index (χ0n) is 9.63. The second-order valence-corrected chi connectivity index (χ2v) is 4.13. The molecule has 2 aromatic rings. The number of hydrogen-bond acceptors (Lipinski definition) is 2. The molecule has 0 spiro atoms. The van der Waals surface area contributed by atoms with Crippen molar-refractivity contribution in [3.63, 3.8) is 0 Å². The fraction of sp³-hybridized carbons (Fsp3) is 0.0667. The van der Waals surface area contributed by atoms with Crippen LogP contribution in [0.3, 0.4) is 0 Å². The molecule has 88 valence electrons. The molecule has 1 aliphatic rings. The van der Waals surface area contributed by atoms with E-state index in [4.69, 9.17) is 0 Å². The number of aliphatic hydroxyl groups excluding tert-OH is 1. The summed E-state index contributed by atoms with van der Waals surface area (Å²) in [7, 11) is 0. The van der Waals surface area contributed by atoms with Gasteiger partial charge in [0.2, 0.25) is 0 Å². The van der Waals surface area contributed by atoms with E-state index in [-0.39, 0.29) is 12.5 Å². The highest BCUT2D eigenvalue weighted by Crippen LogP contribution is 2.24. The number of fused-ring (bicyclic) bond motifs is 1. The van der Waals surface area contributed by atoms with E-state index in [9.17, 15) is 9.90 Å². The largest absolute Gasteiger partial charge is 0.392 e. The third-order valence-corrected chi connectivity index (χ3v) is 3.07. The van der Waals surface area contributed by atoms with Crippen molar-refractivity contribution in [3.8, 4) is 0 Å². The average molecular weight is 237 g/mol. The zero-order valence-corrected chi connectivity index (χ0v) is 9.63. The lowest BCUT2D eigenvalue weighted by atomic mass is 9.96. The zero-order chi connectivity index (χ0) is 12.5. The van der Waals surface area contributed by atoms with Gasteiger partial charge in [-0.15, -0.1) is 0 Å². The number of amides is 1. The molecule has 1 heterocycles. The van der Waals surface area contributed by atoms with Gasteiger partial charge in [0, 0.05) is 11.1 Å². The minimum absolute atomic E-state index is 0.0639. The highest BCUT2D eigenvalue weighted by atomic mass is 16.3. The number of aliphatic hydroxyl groups is 1. The van der Waals surface area contributed by atoms with Crippen LogP contribution >= 0.6 is 0 Å². The molecular formula is C15H11NO2. The SMILES string of the molecule is O=C1N=C(c2ccccc2CO)c2ccccc21. The summed E-state index contributed by atoms with van der Waals surface area (Å²) in [5.74, 6) is -0.214. The second kappa shape index (κ2) is 4.20. The Morgan fingerprint density at radius 3 is 2.22 bits per heavy atom. The third-order valence-electron chi connectivity index (χ3n) is 3.07. The van der Waals surface area contributed by atoms with Crippen LogP contribution in [0.15, 0.2) is 53.5 Å². The second-order valence-electron chi connectivity index (χ2n) is 4.13. The van der Waals surface area contributed by atoms with Crippen molar-refractivity contribution in [1.82, 2.24) is 0 Å². The summed E-state index contributed by atoms with van der Waals surface area (Å²) < 4.78 is 0. The number of carbonyl (C=O) groups excluding carboxylic acids is 1. The van der Waals surface area contributed by atoms with Crippen molar-refractivity contribution in [1.29, 1.82) is 0 Å². The van der Waals surface area contributed by atoms with E-state index in [1.54, 1.807) is 6.07 Å². The minimum Gasteiger partial charge on any atom is -0.392 e. The normalized spacial score (nSPS) is 13.4. The molecule has 0 fully saturated rings. The maximum absolute atomic E-state index is 11.8. The first-order chi connectivity index (χ1) is 8.81. The van der Waals surface area contributed by atoms with E-state index >= 15 is 0 Å². The number of hydrogen-bond donors (Lipinski definition) is 1. The summed E-state index contributed by atoms with van der Waals surface area (Å²) in [6.07, 6.45) is 0. The first kappa shape index (κ1) is 10.9. The molecule has 0 unspecified atom stereocenters. The summed E-state index contributed by atoms with van der Waals surface area (Å²) in [6.45, 7) is -0.0639. The van der Waals surface area contributed by atoms with E-state index in [1.807, 2.05) is 42.5 Å². The van der Waals surface area contributed by atoms with Crippen molar-refractivity contribution >= 4 is 11.6 Å². The summed E-state index contributed by atoms with van der Waals surface area (Å²) in [4.78, 5) is 15.9. The number of carbonyl (C=O) groups is 1. The van der Waals surface area contributed by atoms with Crippen molar-refractivity contribution < 1.29 is 9.90 Å². The number of aliphatic imine (C=N–C) groups is 1. The van der Waals surface area contributed by atoms with Crippen molar-refractivity contribution in [2.24, 2.45) is 4.99 Å². The summed E-state index contributed by atoms with van der Waals surface area (Å²) >= 11 is 0. The first-order valence-electron chi connectivity index (χ1n) is 5.73. The van der Waals surface area contributed by atoms with Crippen LogP contribution in [0.5, 0.6) is 0 Å². The van der Waals surface area contributed by atoms with Gasteiger partial charge in [-0.3, -0.25) is 4.79 Å². The van der Waals surface area contributed by atoms with Gasteiger partial charge in [-0.1, -0.05) is 42.5 Å². The van der Waals surface area contributed by atoms with Gasteiger partial charge in [-0.05, 0) is 11.6 Å². The lowest BCUT2D eigenvalue weighted by molar-refractivity contribution is 0.101. The Kier molecular flexibility index (Phi) is 2.54. The van der Waals surface area contributed by atoms with Crippen molar-refractivity contribution in [3.05, 3.63) is 70.8 Å². The van der Waals surface area contributed by atoms with E-state index in [0.29, 0.717) is 11.3 Å². The minimum atomic E-state index is -0.214. The predicted molar refractivity (Wildman–Crippen MR) is 68.8 cm³/mol. The maximum atomic E-state index is 11.8. The first-order valence-corrected chi connectivity index (χ1v) is 5.73. The Labute approximate surface area is 104 Å². The van der Waals surface area contributed by atoms with Gasteiger partial charge in [-0.2, -0.15) is 0 Å². The van der Waals surface area contributed by atoms with Crippen LogP contribution in [-0.4, -0.2) is 16.7 Å². The van der Waals surface area contributed by atoms with Crippen LogP contribution in [0, 0.1) is 0 Å². The number of benzene rings is 2.